The van der Waals surface area contributed by atoms with Gasteiger partial charge in [0.05, 0.1) is 25.2 Å². The zero-order chi connectivity index (χ0) is 29.1. The fourth-order valence-electron chi connectivity index (χ4n) is 7.01. The number of benzene rings is 2. The number of phenolic OH excluding ortho intramolecular Hbond substituents is 1. The lowest BCUT2D eigenvalue weighted by Crippen LogP contribution is -2.51. The van der Waals surface area contributed by atoms with Crippen LogP contribution in [0.4, 0.5) is 10.2 Å². The number of pyridine rings is 1. The molecule has 0 spiro atoms. The van der Waals surface area contributed by atoms with Crippen LogP contribution in [0.25, 0.3) is 32.9 Å². The number of halogens is 2. The van der Waals surface area contributed by atoms with Crippen LogP contribution in [0, 0.1) is 11.2 Å². The van der Waals surface area contributed by atoms with Crippen LogP contribution in [-0.4, -0.2) is 89.6 Å². The largest absolute Gasteiger partial charge is 0.508 e. The predicted molar refractivity (Wildman–Crippen MR) is 163 cm³/mol. The number of ether oxygens (including phenoxy) is 2. The summed E-state index contributed by atoms with van der Waals surface area (Å²) in [6.45, 7) is 6.36. The SMILES string of the molecule is Oc1cc(-c2ncc3c(N4C[C@H]5CC[C@@H](C4)N5)nc(OCC4(CN5CCOCC5)CC4)nc3c2F)c2c(Cl)cccc2c1. The Morgan fingerprint density at radius 2 is 1.91 bits per heavy atom. The number of fused-ring (bicyclic) bond motifs is 4. The topological polar surface area (TPSA) is 95.9 Å². The first-order chi connectivity index (χ1) is 20.9. The Kier molecular flexibility index (Phi) is 6.78. The maximum atomic E-state index is 16.7. The maximum Gasteiger partial charge on any atom is 0.319 e. The summed E-state index contributed by atoms with van der Waals surface area (Å²) in [6, 6.07) is 9.41. The molecule has 2 bridgehead atoms. The monoisotopic (exact) mass is 604 g/mol. The third-order valence-corrected chi connectivity index (χ3v) is 9.77. The molecule has 2 N–H and O–H groups in total. The summed E-state index contributed by atoms with van der Waals surface area (Å²) in [6.07, 6.45) is 6.03. The summed E-state index contributed by atoms with van der Waals surface area (Å²) >= 11 is 6.58. The van der Waals surface area contributed by atoms with Crippen molar-refractivity contribution in [2.45, 2.75) is 37.8 Å². The fraction of sp³-hybridized carbons (Fsp3) is 0.469. The fourth-order valence-corrected chi connectivity index (χ4v) is 7.30. The van der Waals surface area contributed by atoms with Gasteiger partial charge in [-0.2, -0.15) is 9.97 Å². The molecule has 0 unspecified atom stereocenters. The highest BCUT2D eigenvalue weighted by molar-refractivity contribution is 6.36. The van der Waals surface area contributed by atoms with Crippen molar-refractivity contribution in [3.05, 3.63) is 47.4 Å². The molecule has 9 nitrogen and oxygen atoms in total. The summed E-state index contributed by atoms with van der Waals surface area (Å²) in [7, 11) is 0. The van der Waals surface area contributed by atoms with Crippen LogP contribution in [0.5, 0.6) is 11.8 Å². The van der Waals surface area contributed by atoms with Gasteiger partial charge in [-0.1, -0.05) is 23.7 Å². The Morgan fingerprint density at radius 3 is 2.67 bits per heavy atom. The molecule has 2 atom stereocenters. The minimum absolute atomic E-state index is 0.00440. The van der Waals surface area contributed by atoms with Crippen LogP contribution in [0.1, 0.15) is 25.7 Å². The number of anilines is 1. The van der Waals surface area contributed by atoms with E-state index in [0.29, 0.717) is 51.3 Å². The van der Waals surface area contributed by atoms with E-state index in [-0.39, 0.29) is 28.4 Å². The Balaban J connectivity index is 1.20. The number of hydrogen-bond acceptors (Lipinski definition) is 9. The van der Waals surface area contributed by atoms with E-state index in [1.165, 1.54) is 6.07 Å². The molecule has 1 aliphatic carbocycles. The van der Waals surface area contributed by atoms with E-state index in [0.717, 1.165) is 71.6 Å². The average molecular weight is 605 g/mol. The summed E-state index contributed by atoms with van der Waals surface area (Å²) in [5, 5.41) is 16.5. The molecule has 2 aromatic heterocycles. The Hall–Kier alpha value is -3.31. The molecular weight excluding hydrogens is 571 g/mol. The molecule has 2 aromatic carbocycles. The minimum Gasteiger partial charge on any atom is -0.508 e. The van der Waals surface area contributed by atoms with Gasteiger partial charge in [0.25, 0.3) is 0 Å². The number of aromatic nitrogens is 3. The van der Waals surface area contributed by atoms with E-state index in [1.54, 1.807) is 24.4 Å². The van der Waals surface area contributed by atoms with Crippen molar-refractivity contribution in [2.24, 2.45) is 5.41 Å². The second-order valence-corrected chi connectivity index (χ2v) is 13.0. The number of morpholine rings is 1. The van der Waals surface area contributed by atoms with Gasteiger partial charge >= 0.3 is 6.01 Å². The van der Waals surface area contributed by atoms with Crippen molar-refractivity contribution in [3.63, 3.8) is 0 Å². The third-order valence-electron chi connectivity index (χ3n) is 9.45. The summed E-state index contributed by atoms with van der Waals surface area (Å²) in [5.74, 6) is 0.0586. The molecule has 0 radical (unpaired) electrons. The highest BCUT2D eigenvalue weighted by atomic mass is 35.5. The smallest absolute Gasteiger partial charge is 0.319 e. The number of nitrogens with zero attached hydrogens (tertiary/aromatic N) is 5. The maximum absolute atomic E-state index is 16.7. The van der Waals surface area contributed by atoms with Gasteiger partial charge in [0.1, 0.15) is 22.8 Å². The standard InChI is InChI=1S/C32H34ClFN6O3/c33-25-3-1-2-19-12-22(41)13-23(26(19)25)28-27(34)29-24(14-35-28)30(40-15-20-4-5-21(16-40)36-20)38-31(37-29)43-18-32(6-7-32)17-39-8-10-42-11-9-39/h1-3,12-14,20-21,36,41H,4-11,15-18H2/t20-,21+. The summed E-state index contributed by atoms with van der Waals surface area (Å²) < 4.78 is 28.5. The lowest BCUT2D eigenvalue weighted by Gasteiger charge is -2.34. The first kappa shape index (κ1) is 27.3. The van der Waals surface area contributed by atoms with Gasteiger partial charge in [0.15, 0.2) is 5.82 Å². The number of hydrogen-bond donors (Lipinski definition) is 2. The van der Waals surface area contributed by atoms with E-state index < -0.39 is 5.82 Å². The van der Waals surface area contributed by atoms with Crippen molar-refractivity contribution in [1.29, 1.82) is 0 Å². The van der Waals surface area contributed by atoms with Gasteiger partial charge in [-0.15, -0.1) is 0 Å². The second-order valence-electron chi connectivity index (χ2n) is 12.6. The molecular formula is C32H34ClFN6O3. The van der Waals surface area contributed by atoms with Crippen molar-refractivity contribution >= 4 is 39.1 Å². The highest BCUT2D eigenvalue weighted by Gasteiger charge is 2.45. The highest BCUT2D eigenvalue weighted by Crippen LogP contribution is 2.47. The Morgan fingerprint density at radius 1 is 1.12 bits per heavy atom. The molecule has 4 aliphatic rings. The Labute approximate surface area is 254 Å². The molecule has 11 heteroatoms. The molecule has 0 amide bonds. The van der Waals surface area contributed by atoms with Crippen LogP contribution >= 0.6 is 11.6 Å². The first-order valence-corrected chi connectivity index (χ1v) is 15.5. The number of aromatic hydroxyl groups is 1. The zero-order valence-corrected chi connectivity index (χ0v) is 24.6. The van der Waals surface area contributed by atoms with Gasteiger partial charge in [-0.3, -0.25) is 9.88 Å². The molecule has 3 saturated heterocycles. The summed E-state index contributed by atoms with van der Waals surface area (Å²) in [4.78, 5) is 18.8. The first-order valence-electron chi connectivity index (χ1n) is 15.2. The van der Waals surface area contributed by atoms with Crippen molar-refractivity contribution < 1.29 is 19.0 Å². The van der Waals surface area contributed by atoms with E-state index in [1.807, 2.05) is 6.07 Å². The Bertz CT molecular complexity index is 1700. The molecule has 224 valence electrons. The van der Waals surface area contributed by atoms with Crippen molar-refractivity contribution in [1.82, 2.24) is 25.2 Å². The zero-order valence-electron chi connectivity index (χ0n) is 23.9. The number of rotatable bonds is 7. The van der Waals surface area contributed by atoms with Crippen molar-refractivity contribution in [3.8, 4) is 23.0 Å². The number of phenols is 1. The van der Waals surface area contributed by atoms with Gasteiger partial charge in [-0.05, 0) is 49.3 Å². The van der Waals surface area contributed by atoms with E-state index in [4.69, 9.17) is 26.1 Å². The molecule has 1 saturated carbocycles. The molecule has 8 rings (SSSR count). The van der Waals surface area contributed by atoms with Gasteiger partial charge in [0.2, 0.25) is 0 Å². The van der Waals surface area contributed by atoms with Crippen molar-refractivity contribution in [2.75, 3.05) is 57.4 Å². The molecule has 4 aromatic rings. The van der Waals surface area contributed by atoms with Gasteiger partial charge in [-0.25, -0.2) is 4.39 Å². The number of nitrogens with one attached hydrogen (secondary N) is 1. The lowest BCUT2D eigenvalue weighted by atomic mass is 10.00. The molecule has 4 fully saturated rings. The van der Waals surface area contributed by atoms with Crippen LogP contribution in [0.2, 0.25) is 5.02 Å². The second kappa shape index (κ2) is 10.7. The summed E-state index contributed by atoms with van der Waals surface area (Å²) in [5.41, 5.74) is 0.689. The quantitative estimate of drug-likeness (QED) is 0.309. The molecule has 43 heavy (non-hydrogen) atoms. The molecule has 5 heterocycles. The van der Waals surface area contributed by atoms with E-state index >= 15 is 4.39 Å². The third kappa shape index (κ3) is 5.14. The van der Waals surface area contributed by atoms with Gasteiger partial charge in [0, 0.05) is 72.4 Å². The minimum atomic E-state index is -0.592. The van der Waals surface area contributed by atoms with Gasteiger partial charge < -0.3 is 24.8 Å². The molecule has 3 aliphatic heterocycles. The van der Waals surface area contributed by atoms with E-state index in [9.17, 15) is 5.11 Å². The van der Waals surface area contributed by atoms with Crippen LogP contribution < -0.4 is 15.0 Å². The lowest BCUT2D eigenvalue weighted by molar-refractivity contribution is 0.0231. The van der Waals surface area contributed by atoms with Crippen LogP contribution in [0.3, 0.4) is 0 Å². The predicted octanol–water partition coefficient (Wildman–Crippen LogP) is 4.77. The van der Waals surface area contributed by atoms with E-state index in [2.05, 4.69) is 25.1 Å². The average Bonchev–Trinajstić information content (AvgIpc) is 3.69. The number of piperazine rings is 1. The normalized spacial score (nSPS) is 23.3. The van der Waals surface area contributed by atoms with Crippen LogP contribution in [0.15, 0.2) is 36.5 Å². The van der Waals surface area contributed by atoms with Crippen LogP contribution in [-0.2, 0) is 4.74 Å².